The van der Waals surface area contributed by atoms with Gasteiger partial charge >= 0.3 is 0 Å². The molecule has 4 heterocycles. The van der Waals surface area contributed by atoms with Gasteiger partial charge in [0.1, 0.15) is 5.82 Å². The predicted octanol–water partition coefficient (Wildman–Crippen LogP) is 2.80. The average Bonchev–Trinajstić information content (AvgIpc) is 2.77. The fourth-order valence-electron chi connectivity index (χ4n) is 4.26. The van der Waals surface area contributed by atoms with Gasteiger partial charge in [0.15, 0.2) is 0 Å². The van der Waals surface area contributed by atoms with Crippen LogP contribution in [0.3, 0.4) is 0 Å². The molecular weight excluding hydrogens is 248 g/mol. The topological polar surface area (TPSA) is 28.4 Å². The van der Waals surface area contributed by atoms with Crippen LogP contribution < -0.4 is 4.90 Å². The van der Waals surface area contributed by atoms with E-state index < -0.39 is 0 Å². The maximum atomic E-state index is 9.76. The smallest absolute Gasteiger partial charge is 0.112 e. The highest BCUT2D eigenvalue weighted by Gasteiger charge is 2.35. The lowest BCUT2D eigenvalue weighted by atomic mass is 9.84. The van der Waals surface area contributed by atoms with Crippen LogP contribution in [0, 0.1) is 0 Å². The number of aryl methyl sites for hydroxylation is 1. The lowest BCUT2D eigenvalue weighted by Crippen LogP contribution is -2.39. The molecular formula is C17H22N2O. The first kappa shape index (κ1) is 12.3. The number of rotatable bonds is 2. The summed E-state index contributed by atoms with van der Waals surface area (Å²) < 4.78 is 2.37. The summed E-state index contributed by atoms with van der Waals surface area (Å²) in [6, 6.07) is 6.58. The Morgan fingerprint density at radius 2 is 2.05 bits per heavy atom. The molecule has 5 rings (SSSR count). The summed E-state index contributed by atoms with van der Waals surface area (Å²) in [5.74, 6) is 2.17. The molecule has 1 N–H and O–H groups in total. The van der Waals surface area contributed by atoms with Gasteiger partial charge in [0, 0.05) is 37.5 Å². The molecule has 1 saturated heterocycles. The van der Waals surface area contributed by atoms with Gasteiger partial charge in [-0.15, -0.1) is 0 Å². The molecule has 0 amide bonds. The number of benzene rings is 1. The molecule has 3 nitrogen and oxygen atoms in total. The van der Waals surface area contributed by atoms with E-state index in [1.807, 2.05) is 6.92 Å². The van der Waals surface area contributed by atoms with Gasteiger partial charge in [-0.1, -0.05) is 18.2 Å². The van der Waals surface area contributed by atoms with Crippen LogP contribution in [0.25, 0.3) is 10.9 Å². The Morgan fingerprint density at radius 1 is 1.30 bits per heavy atom. The van der Waals surface area contributed by atoms with Crippen molar-refractivity contribution in [3.63, 3.8) is 0 Å². The molecule has 3 heteroatoms. The number of hydrogen-bond acceptors (Lipinski definition) is 2. The Kier molecular flexibility index (Phi) is 2.61. The molecule has 1 fully saturated rings. The maximum Gasteiger partial charge on any atom is 0.112 e. The second-order valence-electron chi connectivity index (χ2n) is 6.42. The van der Waals surface area contributed by atoms with Crippen molar-refractivity contribution in [2.24, 2.45) is 7.05 Å². The van der Waals surface area contributed by atoms with Crippen LogP contribution >= 0.6 is 0 Å². The van der Waals surface area contributed by atoms with Gasteiger partial charge in [-0.05, 0) is 31.2 Å². The second-order valence-corrected chi connectivity index (χ2v) is 6.42. The molecule has 20 heavy (non-hydrogen) atoms. The summed E-state index contributed by atoms with van der Waals surface area (Å²) >= 11 is 0. The number of para-hydroxylation sites is 1. The van der Waals surface area contributed by atoms with E-state index in [1.54, 1.807) is 5.56 Å². The van der Waals surface area contributed by atoms with Gasteiger partial charge in [0.25, 0.3) is 0 Å². The van der Waals surface area contributed by atoms with Crippen molar-refractivity contribution in [1.82, 2.24) is 4.57 Å². The molecule has 0 saturated carbocycles. The van der Waals surface area contributed by atoms with Crippen molar-refractivity contribution in [2.75, 3.05) is 18.0 Å². The molecule has 1 aromatic heterocycles. The lowest BCUT2D eigenvalue weighted by molar-refractivity contribution is 0.196. The van der Waals surface area contributed by atoms with E-state index in [0.717, 1.165) is 12.3 Å². The van der Waals surface area contributed by atoms with E-state index >= 15 is 0 Å². The van der Waals surface area contributed by atoms with Crippen LogP contribution in [0.2, 0.25) is 0 Å². The Hall–Kier alpha value is -1.48. The Labute approximate surface area is 119 Å². The van der Waals surface area contributed by atoms with E-state index in [9.17, 15) is 5.11 Å². The standard InChI is InChI=1S/C17H22N2O/c1-11(20)10-13-4-3-5-14-15-12-6-8-19(9-7-12)17(15)18(2)16(13)14/h3-5,11-12,20H,6-10H2,1-2H3. The van der Waals surface area contributed by atoms with Crippen molar-refractivity contribution in [1.29, 1.82) is 0 Å². The first-order valence-corrected chi connectivity index (χ1v) is 7.70. The predicted molar refractivity (Wildman–Crippen MR) is 82.5 cm³/mol. The quantitative estimate of drug-likeness (QED) is 0.909. The van der Waals surface area contributed by atoms with Crippen LogP contribution in [0.4, 0.5) is 5.82 Å². The van der Waals surface area contributed by atoms with Crippen molar-refractivity contribution in [3.05, 3.63) is 29.3 Å². The number of fused-ring (bicyclic) bond motifs is 3. The summed E-state index contributed by atoms with van der Waals surface area (Å²) in [5, 5.41) is 11.2. The molecule has 2 bridgehead atoms. The Morgan fingerprint density at radius 3 is 2.75 bits per heavy atom. The maximum absolute atomic E-state index is 9.76. The minimum absolute atomic E-state index is 0.287. The molecule has 0 radical (unpaired) electrons. The van der Waals surface area contributed by atoms with Crippen LogP contribution in [-0.4, -0.2) is 28.9 Å². The monoisotopic (exact) mass is 270 g/mol. The minimum Gasteiger partial charge on any atom is -0.393 e. The molecule has 1 unspecified atom stereocenters. The summed E-state index contributed by atoms with van der Waals surface area (Å²) in [6.07, 6.45) is 3.04. The number of piperidine rings is 1. The molecule has 0 spiro atoms. The number of nitrogens with zero attached hydrogens (tertiary/aromatic N) is 2. The van der Waals surface area contributed by atoms with E-state index in [1.165, 1.54) is 48.2 Å². The van der Waals surface area contributed by atoms with Crippen LogP contribution in [-0.2, 0) is 13.5 Å². The van der Waals surface area contributed by atoms with E-state index in [0.29, 0.717) is 0 Å². The number of aliphatic hydroxyl groups excluding tert-OH is 1. The highest BCUT2D eigenvalue weighted by atomic mass is 16.3. The van der Waals surface area contributed by atoms with E-state index in [2.05, 4.69) is 34.7 Å². The van der Waals surface area contributed by atoms with Gasteiger partial charge < -0.3 is 14.6 Å². The third-order valence-electron chi connectivity index (χ3n) is 5.02. The molecule has 1 aromatic carbocycles. The zero-order valence-electron chi connectivity index (χ0n) is 12.3. The Bertz CT molecular complexity index is 663. The molecule has 106 valence electrons. The zero-order valence-corrected chi connectivity index (χ0v) is 12.3. The van der Waals surface area contributed by atoms with Crippen molar-refractivity contribution >= 4 is 16.7 Å². The summed E-state index contributed by atoms with van der Waals surface area (Å²) in [7, 11) is 2.19. The zero-order chi connectivity index (χ0) is 13.9. The minimum atomic E-state index is -0.287. The van der Waals surface area contributed by atoms with Crippen molar-refractivity contribution < 1.29 is 5.11 Å². The Balaban J connectivity index is 2.00. The molecule has 3 aliphatic heterocycles. The fourth-order valence-corrected chi connectivity index (χ4v) is 4.26. The molecule has 1 atom stereocenters. The normalized spacial score (nSPS) is 19.6. The van der Waals surface area contributed by atoms with Crippen LogP contribution in [0.5, 0.6) is 0 Å². The highest BCUT2D eigenvalue weighted by molar-refractivity contribution is 5.94. The van der Waals surface area contributed by atoms with Crippen molar-refractivity contribution in [3.8, 4) is 0 Å². The average molecular weight is 270 g/mol. The van der Waals surface area contributed by atoms with Crippen LogP contribution in [0.15, 0.2) is 18.2 Å². The first-order valence-electron chi connectivity index (χ1n) is 7.70. The molecule has 3 aliphatic rings. The van der Waals surface area contributed by atoms with Crippen molar-refractivity contribution in [2.45, 2.75) is 38.2 Å². The first-order chi connectivity index (χ1) is 9.66. The molecule has 2 aromatic rings. The summed E-state index contributed by atoms with van der Waals surface area (Å²) in [4.78, 5) is 2.54. The fraction of sp³-hybridized carbons (Fsp3) is 0.529. The van der Waals surface area contributed by atoms with Gasteiger partial charge in [0.2, 0.25) is 0 Å². The number of hydrogen-bond donors (Lipinski definition) is 1. The van der Waals surface area contributed by atoms with Crippen LogP contribution in [0.1, 0.15) is 36.8 Å². The van der Waals surface area contributed by atoms with E-state index in [-0.39, 0.29) is 6.10 Å². The second kappa shape index (κ2) is 4.26. The molecule has 0 aliphatic carbocycles. The lowest BCUT2D eigenvalue weighted by Gasteiger charge is -2.41. The summed E-state index contributed by atoms with van der Waals surface area (Å²) in [6.45, 7) is 4.27. The number of aliphatic hydroxyl groups is 1. The highest BCUT2D eigenvalue weighted by Crippen LogP contribution is 2.47. The largest absolute Gasteiger partial charge is 0.393 e. The third-order valence-corrected chi connectivity index (χ3v) is 5.02. The number of anilines is 1. The van der Waals surface area contributed by atoms with Gasteiger partial charge in [0.05, 0.1) is 11.6 Å². The van der Waals surface area contributed by atoms with Gasteiger partial charge in [-0.25, -0.2) is 0 Å². The van der Waals surface area contributed by atoms with Gasteiger partial charge in [-0.2, -0.15) is 0 Å². The van der Waals surface area contributed by atoms with Gasteiger partial charge in [-0.3, -0.25) is 0 Å². The van der Waals surface area contributed by atoms with E-state index in [4.69, 9.17) is 0 Å². The SMILES string of the molecule is CC(O)Cc1cccc2c3c(n(C)c12)N1CCC3CC1. The summed E-state index contributed by atoms with van der Waals surface area (Å²) in [5.41, 5.74) is 4.17. The third kappa shape index (κ3) is 1.56. The number of aromatic nitrogens is 1.